The number of anilines is 1. The lowest BCUT2D eigenvalue weighted by molar-refractivity contribution is 0.597. The van der Waals surface area contributed by atoms with E-state index in [1.165, 1.54) is 12.3 Å². The van der Waals surface area contributed by atoms with Crippen molar-refractivity contribution in [1.82, 2.24) is 15.3 Å². The van der Waals surface area contributed by atoms with Crippen molar-refractivity contribution in [3.05, 3.63) is 46.7 Å². The van der Waals surface area contributed by atoms with Crippen LogP contribution in [0.4, 0.5) is 5.82 Å². The fraction of sp³-hybridized carbons (Fsp3) is 0.231. The van der Waals surface area contributed by atoms with Gasteiger partial charge < -0.3 is 5.32 Å². The lowest BCUT2D eigenvalue weighted by atomic mass is 10.3. The number of nitrogens with one attached hydrogen (secondary N) is 2. The molecule has 2 aromatic heterocycles. The van der Waals surface area contributed by atoms with Crippen LogP contribution in [0.15, 0.2) is 46.2 Å². The molecule has 6 nitrogen and oxygen atoms in total. The van der Waals surface area contributed by atoms with Crippen molar-refractivity contribution in [1.29, 1.82) is 0 Å². The van der Waals surface area contributed by atoms with Crippen LogP contribution in [-0.2, 0) is 16.6 Å². The van der Waals surface area contributed by atoms with Gasteiger partial charge in [0.15, 0.2) is 5.03 Å². The highest BCUT2D eigenvalue weighted by molar-refractivity contribution is 9.10. The molecular weight excluding hydrogens is 356 g/mol. The highest BCUT2D eigenvalue weighted by Gasteiger charge is 2.16. The molecule has 2 N–H and O–H groups in total. The van der Waals surface area contributed by atoms with Crippen molar-refractivity contribution in [2.45, 2.75) is 18.5 Å². The molecule has 0 atom stereocenters. The summed E-state index contributed by atoms with van der Waals surface area (Å²) in [5.41, 5.74) is 0.928. The van der Waals surface area contributed by atoms with Gasteiger partial charge in [0.2, 0.25) is 0 Å². The minimum Gasteiger partial charge on any atom is -0.313 e. The van der Waals surface area contributed by atoms with Gasteiger partial charge in [-0.05, 0) is 46.2 Å². The SMILES string of the molecule is CCNCc1ccc(S(=O)(=O)Nc2ccc(Br)cn2)nc1. The molecule has 2 rings (SSSR count). The van der Waals surface area contributed by atoms with Crippen molar-refractivity contribution in [2.24, 2.45) is 0 Å². The van der Waals surface area contributed by atoms with Crippen molar-refractivity contribution in [3.63, 3.8) is 0 Å². The van der Waals surface area contributed by atoms with Gasteiger partial charge >= 0.3 is 0 Å². The van der Waals surface area contributed by atoms with Crippen molar-refractivity contribution < 1.29 is 8.42 Å². The number of aromatic nitrogens is 2. The molecule has 0 fully saturated rings. The predicted molar refractivity (Wildman–Crippen MR) is 84.4 cm³/mol. The van der Waals surface area contributed by atoms with Gasteiger partial charge in [-0.3, -0.25) is 4.72 Å². The third-order valence-electron chi connectivity index (χ3n) is 2.62. The summed E-state index contributed by atoms with van der Waals surface area (Å²) in [6.45, 7) is 3.50. The fourth-order valence-electron chi connectivity index (χ4n) is 1.57. The molecule has 0 aliphatic carbocycles. The van der Waals surface area contributed by atoms with E-state index in [-0.39, 0.29) is 10.8 Å². The average Bonchev–Trinajstić information content (AvgIpc) is 2.48. The molecule has 0 aromatic carbocycles. The monoisotopic (exact) mass is 370 g/mol. The largest absolute Gasteiger partial charge is 0.313 e. The van der Waals surface area contributed by atoms with Gasteiger partial charge in [0.05, 0.1) is 0 Å². The molecule has 0 unspecified atom stereocenters. The molecule has 2 aromatic rings. The van der Waals surface area contributed by atoms with Crippen LogP contribution in [0.1, 0.15) is 12.5 Å². The van der Waals surface area contributed by atoms with Crippen molar-refractivity contribution in [2.75, 3.05) is 11.3 Å². The second kappa shape index (κ2) is 6.97. The lowest BCUT2D eigenvalue weighted by Crippen LogP contribution is -2.16. The first kappa shape index (κ1) is 15.9. The summed E-state index contributed by atoms with van der Waals surface area (Å²) in [7, 11) is -3.72. The van der Waals surface area contributed by atoms with Gasteiger partial charge in [0.25, 0.3) is 10.0 Å². The van der Waals surface area contributed by atoms with Gasteiger partial charge in [-0.1, -0.05) is 13.0 Å². The highest BCUT2D eigenvalue weighted by Crippen LogP contribution is 2.15. The van der Waals surface area contributed by atoms with E-state index in [1.807, 2.05) is 6.92 Å². The number of halogens is 1. The molecule has 0 bridgehead atoms. The molecule has 21 heavy (non-hydrogen) atoms. The van der Waals surface area contributed by atoms with Crippen LogP contribution in [-0.4, -0.2) is 24.9 Å². The summed E-state index contributed by atoms with van der Waals surface area (Å²) in [4.78, 5) is 7.96. The summed E-state index contributed by atoms with van der Waals surface area (Å²) < 4.78 is 27.5. The number of nitrogens with zero attached hydrogens (tertiary/aromatic N) is 2. The second-order valence-electron chi connectivity index (χ2n) is 4.25. The zero-order valence-electron chi connectivity index (χ0n) is 11.4. The first-order valence-electron chi connectivity index (χ1n) is 6.31. The predicted octanol–water partition coefficient (Wildman–Crippen LogP) is 2.15. The minimum absolute atomic E-state index is 0.0348. The van der Waals surface area contributed by atoms with Crippen LogP contribution >= 0.6 is 15.9 Å². The first-order valence-corrected chi connectivity index (χ1v) is 8.59. The number of hydrogen-bond donors (Lipinski definition) is 2. The van der Waals surface area contributed by atoms with E-state index in [2.05, 4.69) is 35.9 Å². The van der Waals surface area contributed by atoms with E-state index < -0.39 is 10.0 Å². The molecule has 2 heterocycles. The molecule has 8 heteroatoms. The standard InChI is InChI=1S/C13H15BrN4O2S/c1-2-15-7-10-3-6-13(17-8-10)21(19,20)18-12-5-4-11(14)9-16-12/h3-6,8-9,15H,2,7H2,1H3,(H,16,18). The number of hydrogen-bond acceptors (Lipinski definition) is 5. The zero-order valence-corrected chi connectivity index (χ0v) is 13.8. The summed E-state index contributed by atoms with van der Waals surface area (Å²) in [6, 6.07) is 6.49. The molecule has 0 aliphatic rings. The van der Waals surface area contributed by atoms with Crippen molar-refractivity contribution in [3.8, 4) is 0 Å². The smallest absolute Gasteiger partial charge is 0.280 e. The average molecular weight is 371 g/mol. The van der Waals surface area contributed by atoms with Crippen LogP contribution in [0, 0.1) is 0 Å². The molecular formula is C13H15BrN4O2S. The summed E-state index contributed by atoms with van der Waals surface area (Å²) in [6.07, 6.45) is 3.07. The van der Waals surface area contributed by atoms with Crippen molar-refractivity contribution >= 4 is 31.8 Å². The van der Waals surface area contributed by atoms with E-state index >= 15 is 0 Å². The maximum Gasteiger partial charge on any atom is 0.280 e. The Hall–Kier alpha value is -1.51. The van der Waals surface area contributed by atoms with E-state index in [9.17, 15) is 8.42 Å². The maximum atomic E-state index is 12.2. The Morgan fingerprint density at radius 3 is 2.52 bits per heavy atom. The maximum absolute atomic E-state index is 12.2. The quantitative estimate of drug-likeness (QED) is 0.813. The molecule has 0 spiro atoms. The third-order valence-corrected chi connectivity index (χ3v) is 4.36. The summed E-state index contributed by atoms with van der Waals surface area (Å²) in [5.74, 6) is 0.247. The molecule has 0 radical (unpaired) electrons. The van der Waals surface area contributed by atoms with Crippen LogP contribution in [0.25, 0.3) is 0 Å². The van der Waals surface area contributed by atoms with Crippen LogP contribution in [0.2, 0.25) is 0 Å². The minimum atomic E-state index is -3.72. The molecule has 0 aliphatic heterocycles. The Morgan fingerprint density at radius 2 is 1.95 bits per heavy atom. The van der Waals surface area contributed by atoms with E-state index in [0.717, 1.165) is 16.6 Å². The van der Waals surface area contributed by atoms with Crippen LogP contribution < -0.4 is 10.0 Å². The van der Waals surface area contributed by atoms with E-state index in [4.69, 9.17) is 0 Å². The van der Waals surface area contributed by atoms with Gasteiger partial charge in [0, 0.05) is 23.4 Å². The molecule has 0 saturated heterocycles. The first-order chi connectivity index (χ1) is 10.0. The Labute approximate surface area is 132 Å². The number of rotatable bonds is 6. The number of pyridine rings is 2. The second-order valence-corrected chi connectivity index (χ2v) is 6.80. The summed E-state index contributed by atoms with van der Waals surface area (Å²) in [5, 5.41) is 3.11. The Kier molecular flexibility index (Phi) is 5.27. The Bertz CT molecular complexity index is 687. The zero-order chi connectivity index (χ0) is 15.3. The Morgan fingerprint density at radius 1 is 1.14 bits per heavy atom. The van der Waals surface area contributed by atoms with Gasteiger partial charge in [-0.2, -0.15) is 8.42 Å². The van der Waals surface area contributed by atoms with E-state index in [1.54, 1.807) is 24.4 Å². The van der Waals surface area contributed by atoms with Gasteiger partial charge in [0.1, 0.15) is 5.82 Å². The summed E-state index contributed by atoms with van der Waals surface area (Å²) >= 11 is 3.24. The van der Waals surface area contributed by atoms with E-state index in [0.29, 0.717) is 6.54 Å². The molecule has 0 saturated carbocycles. The van der Waals surface area contributed by atoms with Crippen LogP contribution in [0.3, 0.4) is 0 Å². The van der Waals surface area contributed by atoms with Gasteiger partial charge in [-0.15, -0.1) is 0 Å². The van der Waals surface area contributed by atoms with Crippen LogP contribution in [0.5, 0.6) is 0 Å². The highest BCUT2D eigenvalue weighted by atomic mass is 79.9. The van der Waals surface area contributed by atoms with Gasteiger partial charge in [-0.25, -0.2) is 9.97 Å². The lowest BCUT2D eigenvalue weighted by Gasteiger charge is -2.07. The fourth-order valence-corrected chi connectivity index (χ4v) is 2.74. The molecule has 0 amide bonds. The molecule has 112 valence electrons. The third kappa shape index (κ3) is 4.48. The normalized spacial score (nSPS) is 11.3. The Balaban J connectivity index is 2.13. The topological polar surface area (TPSA) is 84.0 Å². The number of sulfonamides is 1.